The number of benzene rings is 2. The van der Waals surface area contributed by atoms with Crippen LogP contribution in [0.2, 0.25) is 0 Å². The molecule has 0 bridgehead atoms. The maximum Gasteiger partial charge on any atom is 0.279 e. The first-order valence-electron chi connectivity index (χ1n) is 6.48. The third kappa shape index (κ3) is 1.85. The number of furan rings is 1. The van der Waals surface area contributed by atoms with E-state index in [-0.39, 0.29) is 21.8 Å². The minimum atomic E-state index is -0.260. The van der Waals surface area contributed by atoms with Crippen LogP contribution in [0.15, 0.2) is 51.7 Å². The molecule has 4 aromatic rings. The van der Waals surface area contributed by atoms with Crippen LogP contribution >= 0.6 is 11.3 Å². The second-order valence-corrected chi connectivity index (χ2v) is 5.75. The van der Waals surface area contributed by atoms with Crippen molar-refractivity contribution in [1.82, 2.24) is 4.98 Å². The SMILES string of the molecule is O=c1sc(-c2ccc(O)cc2O)nc2c1oc1ccccc12. The van der Waals surface area contributed by atoms with Gasteiger partial charge in [-0.15, -0.1) is 0 Å². The second kappa shape index (κ2) is 4.57. The van der Waals surface area contributed by atoms with Gasteiger partial charge in [0, 0.05) is 11.5 Å². The molecular weight excluding hydrogens is 302 g/mol. The minimum absolute atomic E-state index is 0.0524. The van der Waals surface area contributed by atoms with Crippen molar-refractivity contribution in [3.63, 3.8) is 0 Å². The van der Waals surface area contributed by atoms with Gasteiger partial charge in [-0.2, -0.15) is 0 Å². The van der Waals surface area contributed by atoms with Crippen molar-refractivity contribution >= 4 is 33.4 Å². The van der Waals surface area contributed by atoms with Gasteiger partial charge in [0.2, 0.25) is 5.58 Å². The molecule has 2 aromatic carbocycles. The van der Waals surface area contributed by atoms with E-state index in [1.54, 1.807) is 6.07 Å². The van der Waals surface area contributed by atoms with Gasteiger partial charge in [0.25, 0.3) is 4.74 Å². The normalized spacial score (nSPS) is 11.3. The average molecular weight is 311 g/mol. The van der Waals surface area contributed by atoms with Crippen LogP contribution < -0.4 is 4.74 Å². The van der Waals surface area contributed by atoms with Crippen molar-refractivity contribution in [2.24, 2.45) is 0 Å². The Morgan fingerprint density at radius 3 is 2.73 bits per heavy atom. The molecule has 0 spiro atoms. The van der Waals surface area contributed by atoms with Crippen molar-refractivity contribution in [1.29, 1.82) is 0 Å². The second-order valence-electron chi connectivity index (χ2n) is 4.78. The molecule has 2 N–H and O–H groups in total. The van der Waals surface area contributed by atoms with Crippen molar-refractivity contribution in [3.8, 4) is 22.1 Å². The Labute approximate surface area is 127 Å². The zero-order valence-electron chi connectivity index (χ0n) is 11.1. The number of hydrogen-bond donors (Lipinski definition) is 2. The number of aromatic hydroxyl groups is 2. The van der Waals surface area contributed by atoms with E-state index in [1.165, 1.54) is 18.2 Å². The van der Waals surface area contributed by atoms with E-state index in [0.717, 1.165) is 16.7 Å². The number of rotatable bonds is 1. The van der Waals surface area contributed by atoms with Crippen LogP contribution in [-0.2, 0) is 0 Å². The first-order chi connectivity index (χ1) is 10.6. The Hall–Kier alpha value is -2.86. The Morgan fingerprint density at radius 2 is 1.91 bits per heavy atom. The lowest BCUT2D eigenvalue weighted by Crippen LogP contribution is -1.96. The number of para-hydroxylation sites is 1. The quantitative estimate of drug-likeness (QED) is 0.562. The highest BCUT2D eigenvalue weighted by Gasteiger charge is 2.16. The van der Waals surface area contributed by atoms with Crippen LogP contribution in [-0.4, -0.2) is 15.2 Å². The standard InChI is InChI=1S/C16H9NO4S/c18-8-5-6-9(11(19)7-8)15-17-13-10-3-1-2-4-12(10)21-14(13)16(20)22-15/h1-7,18-19H. The molecule has 6 heteroatoms. The van der Waals surface area contributed by atoms with Gasteiger partial charge in [-0.1, -0.05) is 23.5 Å². The summed E-state index contributed by atoms with van der Waals surface area (Å²) in [5.74, 6) is -0.182. The van der Waals surface area contributed by atoms with Gasteiger partial charge in [-0.25, -0.2) is 4.98 Å². The molecule has 0 amide bonds. The van der Waals surface area contributed by atoms with Crippen molar-refractivity contribution in [3.05, 3.63) is 52.0 Å². The lowest BCUT2D eigenvalue weighted by molar-refractivity contribution is 0.452. The first kappa shape index (κ1) is 12.8. The molecule has 0 unspecified atom stereocenters. The van der Waals surface area contributed by atoms with Crippen LogP contribution in [0.3, 0.4) is 0 Å². The smallest absolute Gasteiger partial charge is 0.279 e. The summed E-state index contributed by atoms with van der Waals surface area (Å²) in [6.07, 6.45) is 0. The molecule has 0 radical (unpaired) electrons. The lowest BCUT2D eigenvalue weighted by atomic mass is 10.2. The fourth-order valence-corrected chi connectivity index (χ4v) is 3.18. The van der Waals surface area contributed by atoms with Crippen LogP contribution in [0.1, 0.15) is 0 Å². The van der Waals surface area contributed by atoms with E-state index in [2.05, 4.69) is 4.98 Å². The zero-order chi connectivity index (χ0) is 15.3. The van der Waals surface area contributed by atoms with Gasteiger partial charge in [0.1, 0.15) is 27.6 Å². The molecule has 0 aliphatic rings. The molecule has 22 heavy (non-hydrogen) atoms. The van der Waals surface area contributed by atoms with Crippen LogP contribution in [0.4, 0.5) is 0 Å². The largest absolute Gasteiger partial charge is 0.508 e. The van der Waals surface area contributed by atoms with Gasteiger partial charge in [0.15, 0.2) is 0 Å². The molecule has 2 heterocycles. The molecule has 0 fully saturated rings. The summed E-state index contributed by atoms with van der Waals surface area (Å²) in [5.41, 5.74) is 1.68. The maximum absolute atomic E-state index is 12.3. The summed E-state index contributed by atoms with van der Waals surface area (Å²) in [5, 5.41) is 20.4. The predicted octanol–water partition coefficient (Wildman–Crippen LogP) is 3.48. The summed E-state index contributed by atoms with van der Waals surface area (Å²) in [6, 6.07) is 11.5. The summed E-state index contributed by atoms with van der Waals surface area (Å²) >= 11 is 0.893. The highest BCUT2D eigenvalue weighted by atomic mass is 32.1. The van der Waals surface area contributed by atoms with Gasteiger partial charge in [-0.05, 0) is 24.3 Å². The Morgan fingerprint density at radius 1 is 1.09 bits per heavy atom. The van der Waals surface area contributed by atoms with Gasteiger partial charge in [0.05, 0.1) is 5.56 Å². The molecular formula is C16H9NO4S. The van der Waals surface area contributed by atoms with Gasteiger partial charge >= 0.3 is 0 Å². The monoisotopic (exact) mass is 311 g/mol. The average Bonchev–Trinajstić information content (AvgIpc) is 2.87. The van der Waals surface area contributed by atoms with E-state index in [9.17, 15) is 15.0 Å². The fourth-order valence-electron chi connectivity index (χ4n) is 2.36. The first-order valence-corrected chi connectivity index (χ1v) is 7.30. The van der Waals surface area contributed by atoms with E-state index >= 15 is 0 Å². The van der Waals surface area contributed by atoms with E-state index in [4.69, 9.17) is 4.42 Å². The third-order valence-electron chi connectivity index (χ3n) is 3.37. The Balaban J connectivity index is 2.07. The molecule has 0 aliphatic heterocycles. The van der Waals surface area contributed by atoms with Crippen LogP contribution in [0, 0.1) is 0 Å². The number of nitrogens with zero attached hydrogens (tertiary/aromatic N) is 1. The van der Waals surface area contributed by atoms with E-state index in [0.29, 0.717) is 21.7 Å². The Bertz CT molecular complexity index is 1080. The number of aromatic nitrogens is 1. The van der Waals surface area contributed by atoms with E-state index < -0.39 is 0 Å². The van der Waals surface area contributed by atoms with Crippen LogP contribution in [0.5, 0.6) is 11.5 Å². The molecule has 0 saturated heterocycles. The van der Waals surface area contributed by atoms with E-state index in [1.807, 2.05) is 18.2 Å². The van der Waals surface area contributed by atoms with Crippen molar-refractivity contribution in [2.75, 3.05) is 0 Å². The number of hydrogen-bond acceptors (Lipinski definition) is 6. The van der Waals surface area contributed by atoms with Gasteiger partial charge < -0.3 is 14.6 Å². The molecule has 5 nitrogen and oxygen atoms in total. The summed E-state index contributed by atoms with van der Waals surface area (Å²) in [6.45, 7) is 0. The number of phenols is 2. The molecule has 4 rings (SSSR count). The molecule has 0 saturated carbocycles. The predicted molar refractivity (Wildman–Crippen MR) is 84.4 cm³/mol. The van der Waals surface area contributed by atoms with Crippen molar-refractivity contribution in [2.45, 2.75) is 0 Å². The zero-order valence-corrected chi connectivity index (χ0v) is 11.9. The maximum atomic E-state index is 12.3. The topological polar surface area (TPSA) is 83.6 Å². The molecule has 0 aliphatic carbocycles. The highest BCUT2D eigenvalue weighted by Crippen LogP contribution is 2.34. The minimum Gasteiger partial charge on any atom is -0.508 e. The van der Waals surface area contributed by atoms with Crippen molar-refractivity contribution < 1.29 is 14.6 Å². The number of phenolic OH excluding ortho intramolecular Hbond substituents is 2. The lowest BCUT2D eigenvalue weighted by Gasteiger charge is -2.03. The highest BCUT2D eigenvalue weighted by molar-refractivity contribution is 7.13. The van der Waals surface area contributed by atoms with Crippen LogP contribution in [0.25, 0.3) is 32.6 Å². The number of fused-ring (bicyclic) bond motifs is 3. The third-order valence-corrected chi connectivity index (χ3v) is 4.24. The van der Waals surface area contributed by atoms with Gasteiger partial charge in [-0.3, -0.25) is 4.79 Å². The summed E-state index contributed by atoms with van der Waals surface area (Å²) in [4.78, 5) is 16.7. The summed E-state index contributed by atoms with van der Waals surface area (Å²) < 4.78 is 5.30. The molecule has 0 atom stereocenters. The fraction of sp³-hybridized carbons (Fsp3) is 0. The summed E-state index contributed by atoms with van der Waals surface area (Å²) in [7, 11) is 0. The molecule has 108 valence electrons. The molecule has 2 aromatic heterocycles. The Kier molecular flexibility index (Phi) is 2.67.